The zero-order valence-electron chi connectivity index (χ0n) is 21.5. The highest BCUT2D eigenvalue weighted by Gasteiger charge is 2.80. The van der Waals surface area contributed by atoms with Crippen molar-refractivity contribution < 1.29 is 41.0 Å². The van der Waals surface area contributed by atoms with Gasteiger partial charge in [0.05, 0.1) is 9.85 Å². The van der Waals surface area contributed by atoms with Gasteiger partial charge in [0.1, 0.15) is 5.78 Å². The van der Waals surface area contributed by atoms with E-state index in [9.17, 15) is 33.8 Å². The molecule has 0 saturated carbocycles. The molecule has 1 aliphatic rings. The molecular formula is C26H18F6N2O5S2. The Morgan fingerprint density at radius 1 is 0.707 bits per heavy atom. The predicted octanol–water partition coefficient (Wildman–Crippen LogP) is 8.97. The highest BCUT2D eigenvalue weighted by atomic mass is 32.1. The number of aryl methyl sites for hydroxylation is 2. The Morgan fingerprint density at radius 2 is 1.02 bits per heavy atom. The van der Waals surface area contributed by atoms with Crippen LogP contribution in [0.25, 0.3) is 31.3 Å². The van der Waals surface area contributed by atoms with Gasteiger partial charge in [0.25, 0.3) is 11.4 Å². The first-order valence-electron chi connectivity index (χ1n) is 11.6. The third kappa shape index (κ3) is 4.56. The number of halogens is 6. The lowest BCUT2D eigenvalue weighted by atomic mass is 9.91. The molecule has 0 saturated heterocycles. The topological polar surface area (TPSA) is 103 Å². The van der Waals surface area contributed by atoms with E-state index in [1.165, 1.54) is 27.7 Å². The number of benzene rings is 2. The number of Topliss-reactive ketones (excluding diaryl/α,β-unsaturated/α-hetero) is 1. The van der Waals surface area contributed by atoms with Gasteiger partial charge in [-0.1, -0.05) is 0 Å². The number of nitro benzene ring substituents is 2. The van der Waals surface area contributed by atoms with Crippen molar-refractivity contribution in [3.05, 3.63) is 77.5 Å². The first-order valence-corrected chi connectivity index (χ1v) is 13.2. The summed E-state index contributed by atoms with van der Waals surface area (Å²) in [6.45, 7) is 5.62. The molecule has 216 valence electrons. The molecule has 4 aromatic rings. The van der Waals surface area contributed by atoms with E-state index in [-0.39, 0.29) is 47.1 Å². The number of fused-ring (bicyclic) bond motifs is 2. The minimum Gasteiger partial charge on any atom is -0.300 e. The Morgan fingerprint density at radius 3 is 1.32 bits per heavy atom. The maximum Gasteiger partial charge on any atom is 0.380 e. The molecule has 2 aromatic carbocycles. The molecule has 0 atom stereocenters. The van der Waals surface area contributed by atoms with Gasteiger partial charge in [-0.2, -0.15) is 26.3 Å². The average Bonchev–Trinajstić information content (AvgIpc) is 3.37. The lowest BCUT2D eigenvalue weighted by molar-refractivity contribution is -0.384. The number of nitrogens with zero attached hydrogens (tertiary/aromatic N) is 2. The van der Waals surface area contributed by atoms with Crippen LogP contribution >= 0.6 is 22.7 Å². The van der Waals surface area contributed by atoms with E-state index in [2.05, 4.69) is 0 Å². The molecule has 0 unspecified atom stereocenters. The fourth-order valence-corrected chi connectivity index (χ4v) is 6.86. The van der Waals surface area contributed by atoms with E-state index in [1.54, 1.807) is 0 Å². The van der Waals surface area contributed by atoms with Crippen molar-refractivity contribution >= 4 is 71.2 Å². The smallest absolute Gasteiger partial charge is 0.300 e. The van der Waals surface area contributed by atoms with Crippen molar-refractivity contribution in [3.8, 4) is 0 Å². The van der Waals surface area contributed by atoms with Gasteiger partial charge < -0.3 is 4.79 Å². The molecular weight excluding hydrogens is 598 g/mol. The fraction of sp³-hybridized carbons (Fsp3) is 0.269. The summed E-state index contributed by atoms with van der Waals surface area (Å²) in [5.41, 5.74) is -5.00. The van der Waals surface area contributed by atoms with Crippen molar-refractivity contribution in [1.29, 1.82) is 0 Å². The molecule has 0 amide bonds. The first-order chi connectivity index (χ1) is 18.8. The van der Waals surface area contributed by atoms with Crippen molar-refractivity contribution in [2.75, 3.05) is 0 Å². The first kappa shape index (κ1) is 30.1. The van der Waals surface area contributed by atoms with Crippen LogP contribution in [0.2, 0.25) is 0 Å². The zero-order chi connectivity index (χ0) is 30.8. The number of hydrogen-bond donors (Lipinski definition) is 0. The molecule has 2 heterocycles. The molecule has 15 heteroatoms. The normalized spacial score (nSPS) is 17.0. The molecule has 0 fully saturated rings. The summed E-state index contributed by atoms with van der Waals surface area (Å²) in [5.74, 6) is -16.3. The van der Waals surface area contributed by atoms with Crippen LogP contribution in [0.3, 0.4) is 0 Å². The maximum absolute atomic E-state index is 15.4. The monoisotopic (exact) mass is 616 g/mol. The fourth-order valence-electron chi connectivity index (χ4n) is 4.65. The van der Waals surface area contributed by atoms with Crippen LogP contribution in [0.5, 0.6) is 0 Å². The lowest BCUT2D eigenvalue weighted by Gasteiger charge is -2.26. The second-order valence-electron chi connectivity index (χ2n) is 9.32. The van der Waals surface area contributed by atoms with Gasteiger partial charge in [0.2, 0.25) is 0 Å². The summed E-state index contributed by atoms with van der Waals surface area (Å²) < 4.78 is 91.6. The molecule has 0 bridgehead atoms. The van der Waals surface area contributed by atoms with Crippen molar-refractivity contribution in [1.82, 2.24) is 0 Å². The predicted molar refractivity (Wildman–Crippen MR) is 144 cm³/mol. The number of alkyl halides is 6. The highest BCUT2D eigenvalue weighted by molar-refractivity contribution is 7.19. The molecule has 0 N–H and O–H groups in total. The van der Waals surface area contributed by atoms with Gasteiger partial charge in [0.15, 0.2) is 0 Å². The number of thiophene rings is 2. The molecule has 5 rings (SSSR count). The zero-order valence-corrected chi connectivity index (χ0v) is 23.1. The number of rotatable bonds is 4. The summed E-state index contributed by atoms with van der Waals surface area (Å²) in [6.07, 6.45) is 0. The van der Waals surface area contributed by atoms with Crippen LogP contribution in [0.15, 0.2) is 36.4 Å². The quantitative estimate of drug-likeness (QED) is 0.129. The Hall–Kier alpha value is -3.85. The molecule has 41 heavy (non-hydrogen) atoms. The van der Waals surface area contributed by atoms with E-state index in [1.807, 2.05) is 0 Å². The van der Waals surface area contributed by atoms with Crippen LogP contribution in [-0.4, -0.2) is 33.4 Å². The average molecular weight is 617 g/mol. The third-order valence-electron chi connectivity index (χ3n) is 6.29. The summed E-state index contributed by atoms with van der Waals surface area (Å²) in [6, 6.07) is 6.22. The van der Waals surface area contributed by atoms with Gasteiger partial charge in [-0.15, -0.1) is 22.7 Å². The molecule has 2 aromatic heterocycles. The number of hydrogen-bond acceptors (Lipinski definition) is 7. The van der Waals surface area contributed by atoms with E-state index in [0.29, 0.717) is 0 Å². The number of carbonyl (C=O) groups is 1. The minimum atomic E-state index is -5.80. The summed E-state index contributed by atoms with van der Waals surface area (Å²) >= 11 is 1.55. The van der Waals surface area contributed by atoms with Gasteiger partial charge in [-0.25, -0.2) is 0 Å². The summed E-state index contributed by atoms with van der Waals surface area (Å²) in [5, 5.41) is 22.1. The highest BCUT2D eigenvalue weighted by Crippen LogP contribution is 2.67. The largest absolute Gasteiger partial charge is 0.380 e. The van der Waals surface area contributed by atoms with Crippen LogP contribution < -0.4 is 0 Å². The van der Waals surface area contributed by atoms with E-state index in [4.69, 9.17) is 0 Å². The third-order valence-corrected chi connectivity index (χ3v) is 8.42. The molecule has 0 radical (unpaired) electrons. The van der Waals surface area contributed by atoms with Crippen LogP contribution in [0.1, 0.15) is 34.7 Å². The summed E-state index contributed by atoms with van der Waals surface area (Å²) in [7, 11) is 0. The Bertz CT molecular complexity index is 1680. The van der Waals surface area contributed by atoms with Gasteiger partial charge >= 0.3 is 17.8 Å². The Labute approximate surface area is 235 Å². The Balaban J connectivity index is 0.000000909. The lowest BCUT2D eigenvalue weighted by Crippen LogP contribution is -2.48. The van der Waals surface area contributed by atoms with Gasteiger partial charge in [-0.3, -0.25) is 20.2 Å². The molecule has 0 aliphatic heterocycles. The number of allylic oxidation sites excluding steroid dienone is 2. The minimum absolute atomic E-state index is 0.0102. The second kappa shape index (κ2) is 9.91. The second-order valence-corrected chi connectivity index (χ2v) is 11.8. The van der Waals surface area contributed by atoms with Crippen LogP contribution in [0.4, 0.5) is 37.7 Å². The number of nitro groups is 2. The Kier molecular flexibility index (Phi) is 7.28. The van der Waals surface area contributed by atoms with Crippen LogP contribution in [0, 0.1) is 34.1 Å². The van der Waals surface area contributed by atoms with Crippen LogP contribution in [-0.2, 0) is 4.79 Å². The van der Waals surface area contributed by atoms with E-state index >= 15 is 17.6 Å². The standard InChI is InChI=1S/C23H12F6N2O4S2.C3H6O/c1-9-17(13-5-3-11(30(32)33)7-15(13)36-9)19-20(22(26,27)23(28,29)21(19,24)25)18-10(2)37-16-8-12(31(34)35)4-6-14(16)18;1-3(2)4/h3-8H,1-2H3;1-2H3. The van der Waals surface area contributed by atoms with Crippen molar-refractivity contribution in [2.45, 2.75) is 45.5 Å². The van der Waals surface area contributed by atoms with Crippen molar-refractivity contribution in [3.63, 3.8) is 0 Å². The van der Waals surface area contributed by atoms with Crippen molar-refractivity contribution in [2.24, 2.45) is 0 Å². The SMILES string of the molecule is CC(C)=O.Cc1sc2cc([N+](=O)[O-])ccc2c1C1=C(c2c(C)sc3cc([N+](=O)[O-])ccc23)C(F)(F)C(F)(F)C1(F)F. The van der Waals surface area contributed by atoms with Gasteiger partial charge in [0, 0.05) is 76.5 Å². The van der Waals surface area contributed by atoms with E-state index < -0.39 is 49.9 Å². The number of ketones is 1. The molecule has 7 nitrogen and oxygen atoms in total. The summed E-state index contributed by atoms with van der Waals surface area (Å²) in [4.78, 5) is 30.2. The molecule has 0 spiro atoms. The van der Waals surface area contributed by atoms with E-state index in [0.717, 1.165) is 59.1 Å². The molecule has 1 aliphatic carbocycles. The number of carbonyl (C=O) groups excluding carboxylic acids is 1. The van der Waals surface area contributed by atoms with Gasteiger partial charge in [-0.05, 0) is 39.8 Å². The number of non-ortho nitro benzene ring substituents is 2. The maximum atomic E-state index is 15.4.